The lowest BCUT2D eigenvalue weighted by Gasteiger charge is -2.17. The van der Waals surface area contributed by atoms with Gasteiger partial charge >= 0.3 is 0 Å². The van der Waals surface area contributed by atoms with Crippen molar-refractivity contribution in [1.82, 2.24) is 4.90 Å². The molecule has 2 rings (SSSR count). The average molecular weight is 220 g/mol. The van der Waals surface area contributed by atoms with E-state index in [2.05, 4.69) is 30.0 Å². The molecule has 16 heavy (non-hydrogen) atoms. The van der Waals surface area contributed by atoms with E-state index in [0.717, 1.165) is 38.4 Å². The van der Waals surface area contributed by atoms with Gasteiger partial charge in [0, 0.05) is 31.7 Å². The first kappa shape index (κ1) is 11.4. The lowest BCUT2D eigenvalue weighted by Crippen LogP contribution is -2.30. The Morgan fingerprint density at radius 3 is 3.06 bits per heavy atom. The van der Waals surface area contributed by atoms with Gasteiger partial charge in [0.1, 0.15) is 12.4 Å². The molecule has 3 heteroatoms. The van der Waals surface area contributed by atoms with Crippen LogP contribution in [-0.2, 0) is 13.0 Å². The molecular weight excluding hydrogens is 200 g/mol. The number of aryl methyl sites for hydroxylation is 1. The van der Waals surface area contributed by atoms with Gasteiger partial charge in [0.15, 0.2) is 0 Å². The fraction of sp³-hybridized carbons (Fsp3) is 0.538. The summed E-state index contributed by atoms with van der Waals surface area (Å²) in [5, 5.41) is 0. The van der Waals surface area contributed by atoms with Gasteiger partial charge < -0.3 is 10.5 Å². The number of hydrogen-bond donors (Lipinski definition) is 1. The molecule has 1 aliphatic rings. The molecule has 0 spiro atoms. The zero-order chi connectivity index (χ0) is 11.4. The monoisotopic (exact) mass is 220 g/mol. The van der Waals surface area contributed by atoms with Crippen molar-refractivity contribution in [2.45, 2.75) is 19.9 Å². The quantitative estimate of drug-likeness (QED) is 0.837. The summed E-state index contributed by atoms with van der Waals surface area (Å²) in [5.41, 5.74) is 8.27. The van der Waals surface area contributed by atoms with Crippen LogP contribution in [0.15, 0.2) is 18.2 Å². The van der Waals surface area contributed by atoms with Gasteiger partial charge in [0.2, 0.25) is 0 Å². The van der Waals surface area contributed by atoms with Crippen molar-refractivity contribution in [2.75, 3.05) is 26.2 Å². The number of benzene rings is 1. The molecule has 88 valence electrons. The van der Waals surface area contributed by atoms with Gasteiger partial charge in [-0.3, -0.25) is 4.90 Å². The minimum absolute atomic E-state index is 0.711. The third-order valence-corrected chi connectivity index (χ3v) is 3.04. The van der Waals surface area contributed by atoms with Gasteiger partial charge in [0.05, 0.1) is 0 Å². The second kappa shape index (κ2) is 5.32. The molecule has 1 aliphatic heterocycles. The first-order valence-corrected chi connectivity index (χ1v) is 6.00. The van der Waals surface area contributed by atoms with E-state index < -0.39 is 0 Å². The fourth-order valence-electron chi connectivity index (χ4n) is 2.10. The summed E-state index contributed by atoms with van der Waals surface area (Å²) in [7, 11) is 0. The van der Waals surface area contributed by atoms with Crippen LogP contribution in [0.3, 0.4) is 0 Å². The zero-order valence-corrected chi connectivity index (χ0v) is 9.91. The van der Waals surface area contributed by atoms with Crippen LogP contribution in [-0.4, -0.2) is 31.1 Å². The Bertz CT molecular complexity index is 352. The summed E-state index contributed by atoms with van der Waals surface area (Å²) in [4.78, 5) is 2.35. The van der Waals surface area contributed by atoms with E-state index in [1.807, 2.05) is 0 Å². The number of nitrogens with two attached hydrogens (primary N) is 1. The normalized spacial score (nSPS) is 16.4. The second-order valence-corrected chi connectivity index (χ2v) is 4.21. The molecular formula is C13H20N2O. The fourth-order valence-corrected chi connectivity index (χ4v) is 2.10. The molecule has 3 nitrogen and oxygen atoms in total. The van der Waals surface area contributed by atoms with E-state index in [1.165, 1.54) is 11.1 Å². The highest BCUT2D eigenvalue weighted by atomic mass is 16.5. The Morgan fingerprint density at radius 1 is 1.44 bits per heavy atom. The highest BCUT2D eigenvalue weighted by Crippen LogP contribution is 2.24. The Kier molecular flexibility index (Phi) is 3.80. The maximum atomic E-state index is 5.74. The molecule has 0 saturated heterocycles. The smallest absolute Gasteiger partial charge is 0.123 e. The van der Waals surface area contributed by atoms with Crippen LogP contribution in [0, 0.1) is 0 Å². The maximum Gasteiger partial charge on any atom is 0.123 e. The van der Waals surface area contributed by atoms with Crippen LogP contribution in [0.2, 0.25) is 0 Å². The van der Waals surface area contributed by atoms with Gasteiger partial charge in [-0.25, -0.2) is 0 Å². The molecule has 0 amide bonds. The summed E-state index contributed by atoms with van der Waals surface area (Å²) in [5.74, 6) is 1.04. The van der Waals surface area contributed by atoms with Crippen LogP contribution < -0.4 is 10.5 Å². The molecule has 0 unspecified atom stereocenters. The highest BCUT2D eigenvalue weighted by molar-refractivity contribution is 5.37. The predicted molar refractivity (Wildman–Crippen MR) is 65.6 cm³/mol. The van der Waals surface area contributed by atoms with Crippen molar-refractivity contribution in [3.8, 4) is 5.75 Å². The van der Waals surface area contributed by atoms with Crippen LogP contribution in [0.5, 0.6) is 5.75 Å². The standard InChI is InChI=1S/C13H20N2O/c1-2-11-3-4-13-12(9-11)10-15(6-5-14)7-8-16-13/h3-4,9H,2,5-8,10,14H2,1H3. The summed E-state index contributed by atoms with van der Waals surface area (Å²) in [6.45, 7) is 6.52. The van der Waals surface area contributed by atoms with E-state index in [9.17, 15) is 0 Å². The third-order valence-electron chi connectivity index (χ3n) is 3.04. The lowest BCUT2D eigenvalue weighted by atomic mass is 10.1. The molecule has 0 aliphatic carbocycles. The minimum atomic E-state index is 0.711. The lowest BCUT2D eigenvalue weighted by molar-refractivity contribution is 0.230. The van der Waals surface area contributed by atoms with Crippen molar-refractivity contribution in [2.24, 2.45) is 5.73 Å². The molecule has 1 aromatic rings. The molecule has 1 heterocycles. The number of nitrogens with zero attached hydrogens (tertiary/aromatic N) is 1. The second-order valence-electron chi connectivity index (χ2n) is 4.21. The first-order valence-electron chi connectivity index (χ1n) is 6.00. The van der Waals surface area contributed by atoms with E-state index in [4.69, 9.17) is 10.5 Å². The summed E-state index contributed by atoms with van der Waals surface area (Å²) < 4.78 is 5.74. The van der Waals surface area contributed by atoms with Crippen molar-refractivity contribution in [1.29, 1.82) is 0 Å². The molecule has 0 fully saturated rings. The number of fused-ring (bicyclic) bond motifs is 1. The maximum absolute atomic E-state index is 5.74. The Morgan fingerprint density at radius 2 is 2.31 bits per heavy atom. The number of rotatable bonds is 3. The van der Waals surface area contributed by atoms with Gasteiger partial charge in [0.25, 0.3) is 0 Å². The number of ether oxygens (including phenoxy) is 1. The first-order chi connectivity index (χ1) is 7.83. The summed E-state index contributed by atoms with van der Waals surface area (Å²) in [6, 6.07) is 6.50. The zero-order valence-electron chi connectivity index (χ0n) is 9.91. The van der Waals surface area contributed by atoms with Crippen LogP contribution >= 0.6 is 0 Å². The van der Waals surface area contributed by atoms with E-state index in [1.54, 1.807) is 0 Å². The molecule has 0 radical (unpaired) electrons. The van der Waals surface area contributed by atoms with Crippen LogP contribution in [0.1, 0.15) is 18.1 Å². The van der Waals surface area contributed by atoms with Crippen LogP contribution in [0.25, 0.3) is 0 Å². The van der Waals surface area contributed by atoms with E-state index >= 15 is 0 Å². The Balaban J connectivity index is 2.19. The molecule has 0 bridgehead atoms. The predicted octanol–water partition coefficient (Wildman–Crippen LogP) is 1.40. The van der Waals surface area contributed by atoms with Crippen molar-refractivity contribution in [3.05, 3.63) is 29.3 Å². The van der Waals surface area contributed by atoms with Gasteiger partial charge in [-0.1, -0.05) is 19.1 Å². The molecule has 0 saturated carbocycles. The molecule has 1 aromatic carbocycles. The summed E-state index contributed by atoms with van der Waals surface area (Å²) >= 11 is 0. The topological polar surface area (TPSA) is 38.5 Å². The Labute approximate surface area is 97.2 Å². The van der Waals surface area contributed by atoms with Crippen LogP contribution in [0.4, 0.5) is 0 Å². The third kappa shape index (κ3) is 2.54. The number of hydrogen-bond acceptors (Lipinski definition) is 3. The molecule has 0 atom stereocenters. The van der Waals surface area contributed by atoms with Crippen molar-refractivity contribution < 1.29 is 4.74 Å². The SMILES string of the molecule is CCc1ccc2c(c1)CN(CCN)CCO2. The highest BCUT2D eigenvalue weighted by Gasteiger charge is 2.14. The largest absolute Gasteiger partial charge is 0.492 e. The minimum Gasteiger partial charge on any atom is -0.492 e. The molecule has 2 N–H and O–H groups in total. The average Bonchev–Trinajstić information content (AvgIpc) is 2.50. The van der Waals surface area contributed by atoms with Gasteiger partial charge in [-0.15, -0.1) is 0 Å². The van der Waals surface area contributed by atoms with Gasteiger partial charge in [-0.2, -0.15) is 0 Å². The van der Waals surface area contributed by atoms with Crippen molar-refractivity contribution in [3.63, 3.8) is 0 Å². The molecule has 0 aromatic heterocycles. The Hall–Kier alpha value is -1.06. The van der Waals surface area contributed by atoms with E-state index in [0.29, 0.717) is 6.54 Å². The van der Waals surface area contributed by atoms with Crippen molar-refractivity contribution >= 4 is 0 Å². The van der Waals surface area contributed by atoms with E-state index in [-0.39, 0.29) is 0 Å². The van der Waals surface area contributed by atoms with Gasteiger partial charge in [-0.05, 0) is 18.1 Å². The summed E-state index contributed by atoms with van der Waals surface area (Å²) in [6.07, 6.45) is 1.07.